The highest BCUT2D eigenvalue weighted by Gasteiger charge is 2.10. The Kier molecular flexibility index (Phi) is 6.14. The van der Waals surface area contributed by atoms with Crippen molar-refractivity contribution in [3.63, 3.8) is 0 Å². The molecule has 0 spiro atoms. The van der Waals surface area contributed by atoms with Crippen LogP contribution in [0.4, 0.5) is 0 Å². The van der Waals surface area contributed by atoms with Crippen LogP contribution >= 0.6 is 0 Å². The summed E-state index contributed by atoms with van der Waals surface area (Å²) < 4.78 is 4.83. The predicted octanol–water partition coefficient (Wildman–Crippen LogP) is 3.47. The van der Waals surface area contributed by atoms with Crippen LogP contribution in [0.15, 0.2) is 12.2 Å². The molecule has 0 aliphatic heterocycles. The molecule has 0 atom stereocenters. The molecule has 2 heteroatoms. The predicted molar refractivity (Wildman–Crippen MR) is 61.6 cm³/mol. The zero-order valence-electron chi connectivity index (χ0n) is 9.71. The Labute approximate surface area is 92.7 Å². The van der Waals surface area contributed by atoms with Crippen LogP contribution in [0.25, 0.3) is 0 Å². The second-order valence-corrected chi connectivity index (χ2v) is 4.25. The van der Waals surface area contributed by atoms with E-state index in [1.54, 1.807) is 6.08 Å². The van der Waals surface area contributed by atoms with Gasteiger partial charge in [-0.15, -0.1) is 0 Å². The molecule has 0 unspecified atom stereocenters. The molecule has 0 amide bonds. The summed E-state index contributed by atoms with van der Waals surface area (Å²) in [7, 11) is 0. The third kappa shape index (κ3) is 5.60. The molecule has 0 radical (unpaired) electrons. The van der Waals surface area contributed by atoms with Crippen molar-refractivity contribution in [2.75, 3.05) is 6.61 Å². The summed E-state index contributed by atoms with van der Waals surface area (Å²) in [6.07, 6.45) is 12.7. The SMILES string of the molecule is CCOC(=O)/C=C/CC1CCCCCC1. The van der Waals surface area contributed by atoms with Crippen LogP contribution in [0.1, 0.15) is 51.9 Å². The first kappa shape index (κ1) is 12.3. The van der Waals surface area contributed by atoms with Gasteiger partial charge in [0.25, 0.3) is 0 Å². The number of hydrogen-bond acceptors (Lipinski definition) is 2. The minimum atomic E-state index is -0.203. The molecule has 1 saturated carbocycles. The van der Waals surface area contributed by atoms with Gasteiger partial charge in [-0.2, -0.15) is 0 Å². The largest absolute Gasteiger partial charge is 0.463 e. The van der Waals surface area contributed by atoms with E-state index in [1.165, 1.54) is 38.5 Å². The van der Waals surface area contributed by atoms with Crippen molar-refractivity contribution in [1.82, 2.24) is 0 Å². The van der Waals surface area contributed by atoms with Gasteiger partial charge >= 0.3 is 5.97 Å². The molecule has 15 heavy (non-hydrogen) atoms. The second kappa shape index (κ2) is 7.49. The van der Waals surface area contributed by atoms with Gasteiger partial charge in [0.1, 0.15) is 0 Å². The van der Waals surface area contributed by atoms with Crippen molar-refractivity contribution in [3.05, 3.63) is 12.2 Å². The number of hydrogen-bond donors (Lipinski definition) is 0. The molecule has 0 saturated heterocycles. The Balaban J connectivity index is 2.19. The topological polar surface area (TPSA) is 26.3 Å². The summed E-state index contributed by atoms with van der Waals surface area (Å²) in [6.45, 7) is 2.30. The van der Waals surface area contributed by atoms with Gasteiger partial charge in [-0.3, -0.25) is 0 Å². The first-order valence-electron chi connectivity index (χ1n) is 6.16. The first-order valence-corrected chi connectivity index (χ1v) is 6.16. The van der Waals surface area contributed by atoms with Crippen molar-refractivity contribution in [2.24, 2.45) is 5.92 Å². The molecule has 0 aromatic carbocycles. The lowest BCUT2D eigenvalue weighted by molar-refractivity contribution is -0.137. The van der Waals surface area contributed by atoms with Gasteiger partial charge < -0.3 is 4.74 Å². The van der Waals surface area contributed by atoms with E-state index in [9.17, 15) is 4.79 Å². The molecule has 0 N–H and O–H groups in total. The van der Waals surface area contributed by atoms with E-state index in [1.807, 2.05) is 13.0 Å². The van der Waals surface area contributed by atoms with Crippen molar-refractivity contribution in [3.8, 4) is 0 Å². The third-order valence-electron chi connectivity index (χ3n) is 2.98. The molecular formula is C13H22O2. The Morgan fingerprint density at radius 2 is 1.93 bits per heavy atom. The average Bonchev–Trinajstić information content (AvgIpc) is 2.47. The average molecular weight is 210 g/mol. The molecule has 0 aromatic heterocycles. The monoisotopic (exact) mass is 210 g/mol. The van der Waals surface area contributed by atoms with E-state index in [0.29, 0.717) is 6.61 Å². The van der Waals surface area contributed by atoms with Gasteiger partial charge in [0, 0.05) is 6.08 Å². The molecule has 0 heterocycles. The summed E-state index contributed by atoms with van der Waals surface area (Å²) in [5, 5.41) is 0. The Bertz CT molecular complexity index is 201. The maximum absolute atomic E-state index is 11.0. The molecule has 1 fully saturated rings. The second-order valence-electron chi connectivity index (χ2n) is 4.25. The summed E-state index contributed by atoms with van der Waals surface area (Å²) in [5.41, 5.74) is 0. The number of ether oxygens (including phenoxy) is 1. The lowest BCUT2D eigenvalue weighted by Crippen LogP contribution is -2.00. The van der Waals surface area contributed by atoms with Crippen LogP contribution < -0.4 is 0 Å². The maximum atomic E-state index is 11.0. The van der Waals surface area contributed by atoms with Crippen molar-refractivity contribution in [2.45, 2.75) is 51.9 Å². The van der Waals surface area contributed by atoms with Gasteiger partial charge in [-0.1, -0.05) is 44.6 Å². The fraction of sp³-hybridized carbons (Fsp3) is 0.769. The molecule has 0 aromatic rings. The quantitative estimate of drug-likeness (QED) is 0.403. The summed E-state index contributed by atoms with van der Waals surface area (Å²) in [4.78, 5) is 11.0. The summed E-state index contributed by atoms with van der Waals surface area (Å²) >= 11 is 0. The number of esters is 1. The minimum Gasteiger partial charge on any atom is -0.463 e. The maximum Gasteiger partial charge on any atom is 0.330 e. The zero-order chi connectivity index (χ0) is 10.9. The number of allylic oxidation sites excluding steroid dienone is 1. The molecule has 1 rings (SSSR count). The van der Waals surface area contributed by atoms with Crippen molar-refractivity contribution >= 4 is 5.97 Å². The van der Waals surface area contributed by atoms with Crippen molar-refractivity contribution < 1.29 is 9.53 Å². The molecule has 1 aliphatic rings. The summed E-state index contributed by atoms with van der Waals surface area (Å²) in [6, 6.07) is 0. The van der Waals surface area contributed by atoms with Crippen LogP contribution in [-0.2, 0) is 9.53 Å². The highest BCUT2D eigenvalue weighted by atomic mass is 16.5. The number of rotatable bonds is 4. The van der Waals surface area contributed by atoms with Crippen molar-refractivity contribution in [1.29, 1.82) is 0 Å². The van der Waals surface area contributed by atoms with Gasteiger partial charge in [0.05, 0.1) is 6.61 Å². The number of carbonyl (C=O) groups is 1. The van der Waals surface area contributed by atoms with E-state index in [2.05, 4.69) is 0 Å². The Hall–Kier alpha value is -0.790. The van der Waals surface area contributed by atoms with Crippen LogP contribution in [0.5, 0.6) is 0 Å². The van der Waals surface area contributed by atoms with Crippen LogP contribution in [-0.4, -0.2) is 12.6 Å². The van der Waals surface area contributed by atoms with Crippen LogP contribution in [0.3, 0.4) is 0 Å². The van der Waals surface area contributed by atoms with E-state index in [0.717, 1.165) is 12.3 Å². The third-order valence-corrected chi connectivity index (χ3v) is 2.98. The molecule has 0 bridgehead atoms. The highest BCUT2D eigenvalue weighted by molar-refractivity contribution is 5.81. The highest BCUT2D eigenvalue weighted by Crippen LogP contribution is 2.25. The number of carbonyl (C=O) groups excluding carboxylic acids is 1. The Morgan fingerprint density at radius 3 is 2.53 bits per heavy atom. The van der Waals surface area contributed by atoms with Gasteiger partial charge in [-0.25, -0.2) is 4.79 Å². The fourth-order valence-electron chi connectivity index (χ4n) is 2.15. The van der Waals surface area contributed by atoms with Gasteiger partial charge in [-0.05, 0) is 19.3 Å². The van der Waals surface area contributed by atoms with Gasteiger partial charge in [0.15, 0.2) is 0 Å². The Morgan fingerprint density at radius 1 is 1.27 bits per heavy atom. The first-order chi connectivity index (χ1) is 7.33. The van der Waals surface area contributed by atoms with Crippen LogP contribution in [0, 0.1) is 5.92 Å². The standard InChI is InChI=1S/C13H22O2/c1-2-15-13(14)11-7-10-12-8-5-3-4-6-9-12/h7,11-12H,2-6,8-10H2,1H3/b11-7+. The van der Waals surface area contributed by atoms with E-state index >= 15 is 0 Å². The van der Waals surface area contributed by atoms with Gasteiger partial charge in [0.2, 0.25) is 0 Å². The molecule has 2 nitrogen and oxygen atoms in total. The van der Waals surface area contributed by atoms with E-state index in [-0.39, 0.29) is 5.97 Å². The zero-order valence-corrected chi connectivity index (χ0v) is 9.71. The molecule has 86 valence electrons. The smallest absolute Gasteiger partial charge is 0.330 e. The lowest BCUT2D eigenvalue weighted by atomic mass is 9.96. The van der Waals surface area contributed by atoms with E-state index in [4.69, 9.17) is 4.74 Å². The summed E-state index contributed by atoms with van der Waals surface area (Å²) in [5.74, 6) is 0.587. The lowest BCUT2D eigenvalue weighted by Gasteiger charge is -2.09. The van der Waals surface area contributed by atoms with E-state index < -0.39 is 0 Å². The molecular weight excluding hydrogens is 188 g/mol. The molecule has 1 aliphatic carbocycles. The fourth-order valence-corrected chi connectivity index (χ4v) is 2.15. The van der Waals surface area contributed by atoms with Crippen LogP contribution in [0.2, 0.25) is 0 Å². The minimum absolute atomic E-state index is 0.203. The normalized spacial score (nSPS) is 19.0.